The number of hydrogen-bond acceptors (Lipinski definition) is 4. The fourth-order valence-electron chi connectivity index (χ4n) is 3.56. The van der Waals surface area contributed by atoms with Crippen molar-refractivity contribution in [3.63, 3.8) is 0 Å². The van der Waals surface area contributed by atoms with Gasteiger partial charge in [-0.05, 0) is 57.5 Å². The summed E-state index contributed by atoms with van der Waals surface area (Å²) in [6, 6.07) is 7.49. The first-order valence-corrected chi connectivity index (χ1v) is 10.0. The Bertz CT molecular complexity index is 730. The zero-order chi connectivity index (χ0) is 20.1. The second-order valence-electron chi connectivity index (χ2n) is 8.10. The number of benzene rings is 1. The van der Waals surface area contributed by atoms with E-state index in [1.54, 1.807) is 4.90 Å². The molecule has 0 aromatic heterocycles. The van der Waals surface area contributed by atoms with Gasteiger partial charge in [0.15, 0.2) is 0 Å². The average molecular weight is 386 g/mol. The van der Waals surface area contributed by atoms with Crippen LogP contribution in [0.15, 0.2) is 24.3 Å². The molecule has 7 nitrogen and oxygen atoms in total. The molecule has 1 saturated carbocycles. The monoisotopic (exact) mass is 386 g/mol. The van der Waals surface area contributed by atoms with Crippen LogP contribution in [-0.2, 0) is 20.9 Å². The molecule has 1 unspecified atom stereocenters. The predicted molar refractivity (Wildman–Crippen MR) is 108 cm³/mol. The maximum atomic E-state index is 12.6. The molecule has 1 aliphatic heterocycles. The van der Waals surface area contributed by atoms with Crippen molar-refractivity contribution in [2.24, 2.45) is 11.8 Å². The lowest BCUT2D eigenvalue weighted by atomic mass is 9.96. The van der Waals surface area contributed by atoms with Gasteiger partial charge in [-0.25, -0.2) is 0 Å². The minimum absolute atomic E-state index is 0.00431. The number of nitrogens with one attached hydrogen (secondary N) is 2. The quantitative estimate of drug-likeness (QED) is 0.743. The highest BCUT2D eigenvalue weighted by Gasteiger charge is 2.36. The highest BCUT2D eigenvalue weighted by atomic mass is 16.2. The van der Waals surface area contributed by atoms with E-state index in [4.69, 9.17) is 0 Å². The third-order valence-corrected chi connectivity index (χ3v) is 5.17. The van der Waals surface area contributed by atoms with Gasteiger partial charge in [0.1, 0.15) is 0 Å². The summed E-state index contributed by atoms with van der Waals surface area (Å²) in [5, 5.41) is 5.85. The molecule has 1 heterocycles. The number of rotatable bonds is 7. The maximum Gasteiger partial charge on any atom is 0.238 e. The van der Waals surface area contributed by atoms with Crippen molar-refractivity contribution >= 4 is 23.4 Å². The van der Waals surface area contributed by atoms with E-state index in [2.05, 4.69) is 10.6 Å². The first-order chi connectivity index (χ1) is 13.4. The zero-order valence-corrected chi connectivity index (χ0v) is 16.7. The maximum absolute atomic E-state index is 12.6. The Morgan fingerprint density at radius 3 is 2.64 bits per heavy atom. The van der Waals surface area contributed by atoms with Crippen LogP contribution < -0.4 is 10.6 Å². The minimum atomic E-state index is -0.139. The standard InChI is InChI=1S/C21H30N4O3/c1-24(2)14-19(26)23-18-7-3-5-15(11-18)12-22-20(27)17-6-4-10-25(13-17)21(28)16-8-9-16/h3,5,7,11,16-17H,4,6,8-10,12-14H2,1-2H3,(H,22,27)(H,23,26). The topological polar surface area (TPSA) is 81.8 Å². The van der Waals surface area contributed by atoms with E-state index in [1.165, 1.54) is 0 Å². The van der Waals surface area contributed by atoms with E-state index in [1.807, 2.05) is 43.3 Å². The third-order valence-electron chi connectivity index (χ3n) is 5.17. The van der Waals surface area contributed by atoms with Gasteiger partial charge >= 0.3 is 0 Å². The van der Waals surface area contributed by atoms with Crippen molar-refractivity contribution in [3.8, 4) is 0 Å². The highest BCUT2D eigenvalue weighted by molar-refractivity contribution is 5.92. The third kappa shape index (κ3) is 5.79. The van der Waals surface area contributed by atoms with Crippen molar-refractivity contribution in [3.05, 3.63) is 29.8 Å². The average Bonchev–Trinajstić information content (AvgIpc) is 3.50. The van der Waals surface area contributed by atoms with Crippen LogP contribution >= 0.6 is 0 Å². The van der Waals surface area contributed by atoms with E-state index >= 15 is 0 Å². The molecule has 28 heavy (non-hydrogen) atoms. The van der Waals surface area contributed by atoms with Crippen molar-refractivity contribution in [1.82, 2.24) is 15.1 Å². The summed E-state index contributed by atoms with van der Waals surface area (Å²) in [5.74, 6) is 0.203. The fraction of sp³-hybridized carbons (Fsp3) is 0.571. The van der Waals surface area contributed by atoms with Crippen molar-refractivity contribution < 1.29 is 14.4 Å². The van der Waals surface area contributed by atoms with Gasteiger partial charge in [0, 0.05) is 31.2 Å². The summed E-state index contributed by atoms with van der Waals surface area (Å²) < 4.78 is 0. The normalized spacial score (nSPS) is 19.4. The van der Waals surface area contributed by atoms with Gasteiger partial charge in [0.2, 0.25) is 17.7 Å². The Balaban J connectivity index is 1.49. The number of nitrogens with zero attached hydrogens (tertiary/aromatic N) is 2. The summed E-state index contributed by atoms with van der Waals surface area (Å²) in [4.78, 5) is 40.4. The molecule has 2 aliphatic rings. The predicted octanol–water partition coefficient (Wildman–Crippen LogP) is 1.45. The van der Waals surface area contributed by atoms with Crippen LogP contribution in [0.5, 0.6) is 0 Å². The van der Waals surface area contributed by atoms with Crippen LogP contribution in [0.4, 0.5) is 5.69 Å². The summed E-state index contributed by atoms with van der Waals surface area (Å²) in [7, 11) is 3.69. The van der Waals surface area contributed by atoms with Crippen LogP contribution in [0.1, 0.15) is 31.2 Å². The number of likely N-dealkylation sites (tertiary alicyclic amines) is 1. The second kappa shape index (κ2) is 9.19. The van der Waals surface area contributed by atoms with Crippen LogP contribution in [0.25, 0.3) is 0 Å². The van der Waals surface area contributed by atoms with Crippen LogP contribution in [0.3, 0.4) is 0 Å². The highest BCUT2D eigenvalue weighted by Crippen LogP contribution is 2.32. The molecule has 152 valence electrons. The van der Waals surface area contributed by atoms with Gasteiger partial charge in [0.25, 0.3) is 0 Å². The molecule has 7 heteroatoms. The molecule has 1 atom stereocenters. The number of hydrogen-bond donors (Lipinski definition) is 2. The minimum Gasteiger partial charge on any atom is -0.352 e. The van der Waals surface area contributed by atoms with E-state index in [0.717, 1.165) is 43.5 Å². The first kappa shape index (κ1) is 20.3. The molecule has 1 aliphatic carbocycles. The molecule has 0 radical (unpaired) electrons. The summed E-state index contributed by atoms with van der Waals surface area (Å²) in [6.45, 7) is 2.03. The summed E-state index contributed by atoms with van der Waals surface area (Å²) in [6.07, 6.45) is 3.69. The molecule has 3 amide bonds. The lowest BCUT2D eigenvalue weighted by molar-refractivity contribution is -0.136. The molecule has 2 N–H and O–H groups in total. The summed E-state index contributed by atoms with van der Waals surface area (Å²) >= 11 is 0. The SMILES string of the molecule is CN(C)CC(=O)Nc1cccc(CNC(=O)C2CCCN(C(=O)C3CC3)C2)c1. The van der Waals surface area contributed by atoms with Gasteiger partial charge in [-0.1, -0.05) is 12.1 Å². The molecular weight excluding hydrogens is 356 g/mol. The number of amides is 3. The molecule has 3 rings (SSSR count). The van der Waals surface area contributed by atoms with Gasteiger partial charge in [-0.2, -0.15) is 0 Å². The number of anilines is 1. The van der Waals surface area contributed by atoms with E-state index in [0.29, 0.717) is 19.6 Å². The van der Waals surface area contributed by atoms with E-state index in [9.17, 15) is 14.4 Å². The van der Waals surface area contributed by atoms with Crippen LogP contribution in [-0.4, -0.2) is 61.3 Å². The largest absolute Gasteiger partial charge is 0.352 e. The Morgan fingerprint density at radius 2 is 1.93 bits per heavy atom. The molecular formula is C21H30N4O3. The lowest BCUT2D eigenvalue weighted by Gasteiger charge is -2.32. The van der Waals surface area contributed by atoms with Crippen LogP contribution in [0, 0.1) is 11.8 Å². The number of likely N-dealkylation sites (N-methyl/N-ethyl adjacent to an activating group) is 1. The molecule has 0 spiro atoms. The van der Waals surface area contributed by atoms with Gasteiger partial charge in [0.05, 0.1) is 12.5 Å². The summed E-state index contributed by atoms with van der Waals surface area (Å²) in [5.41, 5.74) is 1.65. The van der Waals surface area contributed by atoms with Gasteiger partial charge in [-0.15, -0.1) is 0 Å². The number of carbonyl (C=O) groups excluding carboxylic acids is 3. The number of piperidine rings is 1. The fourth-order valence-corrected chi connectivity index (χ4v) is 3.56. The molecule has 1 aromatic rings. The Morgan fingerprint density at radius 1 is 1.14 bits per heavy atom. The molecule has 1 aromatic carbocycles. The van der Waals surface area contributed by atoms with E-state index < -0.39 is 0 Å². The second-order valence-corrected chi connectivity index (χ2v) is 8.10. The van der Waals surface area contributed by atoms with Crippen LogP contribution in [0.2, 0.25) is 0 Å². The van der Waals surface area contributed by atoms with Gasteiger partial charge < -0.3 is 20.4 Å². The molecule has 1 saturated heterocycles. The van der Waals surface area contributed by atoms with Crippen molar-refractivity contribution in [1.29, 1.82) is 0 Å². The van der Waals surface area contributed by atoms with Crippen molar-refractivity contribution in [2.45, 2.75) is 32.2 Å². The van der Waals surface area contributed by atoms with Crippen molar-refractivity contribution in [2.75, 3.05) is 39.0 Å². The zero-order valence-electron chi connectivity index (χ0n) is 16.7. The first-order valence-electron chi connectivity index (χ1n) is 10.0. The number of carbonyl (C=O) groups is 3. The Hall–Kier alpha value is -2.41. The van der Waals surface area contributed by atoms with Gasteiger partial charge in [-0.3, -0.25) is 14.4 Å². The molecule has 2 fully saturated rings. The van der Waals surface area contributed by atoms with E-state index in [-0.39, 0.29) is 29.6 Å². The molecule has 0 bridgehead atoms. The smallest absolute Gasteiger partial charge is 0.238 e. The lowest BCUT2D eigenvalue weighted by Crippen LogP contribution is -2.45. The Labute approximate surface area is 166 Å². The Kier molecular flexibility index (Phi) is 6.67.